The van der Waals surface area contributed by atoms with Crippen molar-refractivity contribution in [2.24, 2.45) is 0 Å². The maximum absolute atomic E-state index is 12.0. The first-order chi connectivity index (χ1) is 10.9. The second-order valence-corrected chi connectivity index (χ2v) is 4.81. The number of alkyl halides is 3. The Balaban J connectivity index is 1.82. The van der Waals surface area contributed by atoms with Gasteiger partial charge in [-0.3, -0.25) is 9.78 Å². The molecule has 1 amide bonds. The van der Waals surface area contributed by atoms with Crippen LogP contribution in [0.3, 0.4) is 0 Å². The van der Waals surface area contributed by atoms with Gasteiger partial charge in [-0.05, 0) is 29.8 Å². The molecule has 0 bridgehead atoms. The summed E-state index contributed by atoms with van der Waals surface area (Å²) in [5.41, 5.74) is 1.72. The molecule has 0 unspecified atom stereocenters. The summed E-state index contributed by atoms with van der Waals surface area (Å²) in [6.45, 7) is -1.15. The van der Waals surface area contributed by atoms with E-state index in [9.17, 15) is 18.0 Å². The van der Waals surface area contributed by atoms with Crippen LogP contribution in [0.4, 0.5) is 13.2 Å². The molecule has 122 valence electrons. The molecule has 0 fully saturated rings. The molecule has 0 atom stereocenters. The largest absolute Gasteiger partial charge is 0.411 e. The fraction of sp³-hybridized carbons (Fsp3) is 0.250. The van der Waals surface area contributed by atoms with Gasteiger partial charge >= 0.3 is 6.18 Å². The Hall–Kier alpha value is -2.41. The summed E-state index contributed by atoms with van der Waals surface area (Å²) >= 11 is 0. The van der Waals surface area contributed by atoms with Gasteiger partial charge in [0.25, 0.3) is 5.91 Å². The lowest BCUT2D eigenvalue weighted by atomic mass is 10.1. The number of hydrogen-bond acceptors (Lipinski definition) is 3. The van der Waals surface area contributed by atoms with E-state index in [4.69, 9.17) is 0 Å². The first-order valence-corrected chi connectivity index (χ1v) is 6.85. The molecule has 0 saturated heterocycles. The van der Waals surface area contributed by atoms with E-state index in [0.717, 1.165) is 5.69 Å². The molecular formula is C16H15F3N2O2. The van der Waals surface area contributed by atoms with E-state index in [1.54, 1.807) is 42.6 Å². The number of carbonyl (C=O) groups is 1. The minimum absolute atomic E-state index is 0.157. The van der Waals surface area contributed by atoms with E-state index in [2.05, 4.69) is 15.0 Å². The number of nitrogens with zero attached hydrogens (tertiary/aromatic N) is 1. The maximum Gasteiger partial charge on any atom is 0.411 e. The lowest BCUT2D eigenvalue weighted by Crippen LogP contribution is -2.23. The smallest absolute Gasteiger partial charge is 0.367 e. The molecule has 7 heteroatoms. The van der Waals surface area contributed by atoms with Gasteiger partial charge in [0.2, 0.25) is 0 Å². The average Bonchev–Trinajstić information content (AvgIpc) is 2.53. The van der Waals surface area contributed by atoms with E-state index in [-0.39, 0.29) is 12.5 Å². The Bertz CT molecular complexity index is 628. The molecular weight excluding hydrogens is 309 g/mol. The minimum Gasteiger partial charge on any atom is -0.367 e. The summed E-state index contributed by atoms with van der Waals surface area (Å²) < 4.78 is 40.5. The normalized spacial score (nSPS) is 11.3. The SMILES string of the molecule is O=C(NCc1ccccn1)c1ccc(COCC(F)(F)F)cc1. The molecule has 0 aliphatic heterocycles. The van der Waals surface area contributed by atoms with Crippen molar-refractivity contribution in [3.05, 3.63) is 65.5 Å². The molecule has 23 heavy (non-hydrogen) atoms. The third-order valence-corrected chi connectivity index (χ3v) is 2.91. The van der Waals surface area contributed by atoms with Crippen molar-refractivity contribution < 1.29 is 22.7 Å². The molecule has 2 aromatic rings. The van der Waals surface area contributed by atoms with Crippen LogP contribution in [0.5, 0.6) is 0 Å². The van der Waals surface area contributed by atoms with Crippen molar-refractivity contribution in [3.8, 4) is 0 Å². The first kappa shape index (κ1) is 17.0. The Morgan fingerprint density at radius 3 is 2.48 bits per heavy atom. The van der Waals surface area contributed by atoms with Gasteiger partial charge < -0.3 is 10.1 Å². The van der Waals surface area contributed by atoms with Gasteiger partial charge in [-0.1, -0.05) is 18.2 Å². The molecule has 0 radical (unpaired) electrons. The zero-order valence-corrected chi connectivity index (χ0v) is 12.1. The lowest BCUT2D eigenvalue weighted by Gasteiger charge is -2.08. The number of benzene rings is 1. The minimum atomic E-state index is -4.34. The van der Waals surface area contributed by atoms with E-state index < -0.39 is 12.8 Å². The topological polar surface area (TPSA) is 51.2 Å². The highest BCUT2D eigenvalue weighted by Gasteiger charge is 2.27. The maximum atomic E-state index is 12.0. The van der Waals surface area contributed by atoms with Crippen molar-refractivity contribution >= 4 is 5.91 Å². The summed E-state index contributed by atoms with van der Waals surface area (Å²) in [6.07, 6.45) is -2.71. The van der Waals surface area contributed by atoms with Crippen LogP contribution in [0, 0.1) is 0 Å². The summed E-state index contributed by atoms with van der Waals surface area (Å²) in [7, 11) is 0. The molecule has 0 spiro atoms. The summed E-state index contributed by atoms with van der Waals surface area (Å²) in [5, 5.41) is 2.72. The monoisotopic (exact) mass is 324 g/mol. The summed E-state index contributed by atoms with van der Waals surface area (Å²) in [5.74, 6) is -0.279. The van der Waals surface area contributed by atoms with Crippen LogP contribution < -0.4 is 5.32 Å². The van der Waals surface area contributed by atoms with Gasteiger partial charge in [0.15, 0.2) is 0 Å². The number of rotatable bonds is 6. The molecule has 4 nitrogen and oxygen atoms in total. The number of ether oxygens (including phenoxy) is 1. The van der Waals surface area contributed by atoms with Gasteiger partial charge in [0, 0.05) is 11.8 Å². The fourth-order valence-electron chi connectivity index (χ4n) is 1.81. The Labute approximate surface area is 131 Å². The van der Waals surface area contributed by atoms with Crippen LogP contribution in [0.25, 0.3) is 0 Å². The van der Waals surface area contributed by atoms with Gasteiger partial charge in [0.1, 0.15) is 6.61 Å². The van der Waals surface area contributed by atoms with Crippen molar-refractivity contribution in [1.82, 2.24) is 10.3 Å². The van der Waals surface area contributed by atoms with Gasteiger partial charge in [-0.2, -0.15) is 13.2 Å². The van der Waals surface area contributed by atoms with Gasteiger partial charge in [0.05, 0.1) is 18.8 Å². The number of nitrogens with one attached hydrogen (secondary N) is 1. The van der Waals surface area contributed by atoms with Crippen LogP contribution in [-0.4, -0.2) is 23.7 Å². The van der Waals surface area contributed by atoms with Crippen LogP contribution in [-0.2, 0) is 17.9 Å². The third-order valence-electron chi connectivity index (χ3n) is 2.91. The number of pyridine rings is 1. The van der Waals surface area contributed by atoms with Crippen LogP contribution >= 0.6 is 0 Å². The second-order valence-electron chi connectivity index (χ2n) is 4.81. The Morgan fingerprint density at radius 1 is 1.13 bits per heavy atom. The number of aromatic nitrogens is 1. The molecule has 0 saturated carbocycles. The standard InChI is InChI=1S/C16H15F3N2O2/c17-16(18,19)11-23-10-12-4-6-13(7-5-12)15(22)21-9-14-3-1-2-8-20-14/h1-8H,9-11H2,(H,21,22). The summed E-state index contributed by atoms with van der Waals surface area (Å²) in [6, 6.07) is 11.6. The van der Waals surface area contributed by atoms with Crippen molar-refractivity contribution in [1.29, 1.82) is 0 Å². The van der Waals surface area contributed by atoms with Crippen molar-refractivity contribution in [2.75, 3.05) is 6.61 Å². The van der Waals surface area contributed by atoms with Crippen molar-refractivity contribution in [3.63, 3.8) is 0 Å². The van der Waals surface area contributed by atoms with E-state index in [1.165, 1.54) is 0 Å². The first-order valence-electron chi connectivity index (χ1n) is 6.85. The van der Waals surface area contributed by atoms with Crippen LogP contribution in [0.2, 0.25) is 0 Å². The highest BCUT2D eigenvalue weighted by Crippen LogP contribution is 2.15. The fourth-order valence-corrected chi connectivity index (χ4v) is 1.81. The number of amides is 1. The molecule has 1 N–H and O–H groups in total. The van der Waals surface area contributed by atoms with Crippen LogP contribution in [0.1, 0.15) is 21.6 Å². The summed E-state index contributed by atoms with van der Waals surface area (Å²) in [4.78, 5) is 16.0. The molecule has 1 aromatic carbocycles. The Morgan fingerprint density at radius 2 is 1.87 bits per heavy atom. The average molecular weight is 324 g/mol. The predicted octanol–water partition coefficient (Wildman–Crippen LogP) is 3.09. The molecule has 0 aliphatic carbocycles. The van der Waals surface area contributed by atoms with Gasteiger partial charge in [-0.15, -0.1) is 0 Å². The number of carbonyl (C=O) groups excluding carboxylic acids is 1. The van der Waals surface area contributed by atoms with E-state index in [0.29, 0.717) is 17.7 Å². The molecule has 1 heterocycles. The van der Waals surface area contributed by atoms with Gasteiger partial charge in [-0.25, -0.2) is 0 Å². The van der Waals surface area contributed by atoms with Crippen LogP contribution in [0.15, 0.2) is 48.7 Å². The zero-order valence-electron chi connectivity index (χ0n) is 12.1. The zero-order chi connectivity index (χ0) is 16.7. The third kappa shape index (κ3) is 6.07. The van der Waals surface area contributed by atoms with E-state index in [1.807, 2.05) is 6.07 Å². The Kier molecular flexibility index (Phi) is 5.70. The number of halogens is 3. The van der Waals surface area contributed by atoms with E-state index >= 15 is 0 Å². The molecule has 2 rings (SSSR count). The lowest BCUT2D eigenvalue weighted by molar-refractivity contribution is -0.176. The number of hydrogen-bond donors (Lipinski definition) is 1. The second kappa shape index (κ2) is 7.73. The highest BCUT2D eigenvalue weighted by molar-refractivity contribution is 5.94. The highest BCUT2D eigenvalue weighted by atomic mass is 19.4. The quantitative estimate of drug-likeness (QED) is 0.888. The predicted molar refractivity (Wildman–Crippen MR) is 77.6 cm³/mol. The molecule has 1 aromatic heterocycles. The molecule has 0 aliphatic rings. The van der Waals surface area contributed by atoms with Crippen molar-refractivity contribution in [2.45, 2.75) is 19.3 Å².